The van der Waals surface area contributed by atoms with E-state index >= 15 is 0 Å². The summed E-state index contributed by atoms with van der Waals surface area (Å²) in [5.74, 6) is -0.0348. The van der Waals surface area contributed by atoms with Gasteiger partial charge in [0, 0.05) is 18.8 Å². The molecule has 0 atom stereocenters. The highest BCUT2D eigenvalue weighted by Crippen LogP contribution is 2.15. The minimum atomic E-state index is -0.258. The van der Waals surface area contributed by atoms with Gasteiger partial charge in [-0.25, -0.2) is 0 Å². The molecule has 0 bridgehead atoms. The number of H-pyrrole nitrogens is 1. The van der Waals surface area contributed by atoms with Gasteiger partial charge in [-0.1, -0.05) is 18.2 Å². The van der Waals surface area contributed by atoms with Crippen molar-refractivity contribution in [3.8, 4) is 5.75 Å². The number of para-hydroxylation sites is 1. The van der Waals surface area contributed by atoms with Gasteiger partial charge in [-0.15, -0.1) is 0 Å². The first-order valence-corrected chi connectivity index (χ1v) is 5.90. The maximum atomic E-state index is 11.7. The molecular formula is C14H14N2O3. The average molecular weight is 258 g/mol. The summed E-state index contributed by atoms with van der Waals surface area (Å²) in [6.45, 7) is 0.412. The Labute approximate surface area is 109 Å². The predicted octanol–water partition coefficient (Wildman–Crippen LogP) is 1.05. The van der Waals surface area contributed by atoms with E-state index in [0.29, 0.717) is 18.5 Å². The van der Waals surface area contributed by atoms with E-state index in [-0.39, 0.29) is 17.2 Å². The molecule has 2 rings (SSSR count). The first-order chi connectivity index (χ1) is 9.16. The number of carbonyl (C=O) groups is 1. The number of aromatic amines is 1. The molecule has 1 aromatic heterocycles. The van der Waals surface area contributed by atoms with Gasteiger partial charge in [-0.3, -0.25) is 9.59 Å². The van der Waals surface area contributed by atoms with Crippen molar-refractivity contribution >= 4 is 5.91 Å². The van der Waals surface area contributed by atoms with Crippen LogP contribution in [0.3, 0.4) is 0 Å². The molecule has 0 saturated heterocycles. The quantitative estimate of drug-likeness (QED) is 0.766. The van der Waals surface area contributed by atoms with Crippen molar-refractivity contribution in [2.75, 3.05) is 6.54 Å². The van der Waals surface area contributed by atoms with Crippen molar-refractivity contribution in [1.82, 2.24) is 10.3 Å². The SMILES string of the molecule is O=C(NCCc1ccccc1O)c1ccc(=O)[nH]c1. The van der Waals surface area contributed by atoms with Crippen molar-refractivity contribution in [3.05, 3.63) is 64.1 Å². The number of phenolic OH excluding ortho intramolecular Hbond substituents is 1. The van der Waals surface area contributed by atoms with Gasteiger partial charge in [0.15, 0.2) is 0 Å². The number of aromatic nitrogens is 1. The number of nitrogens with one attached hydrogen (secondary N) is 2. The van der Waals surface area contributed by atoms with Gasteiger partial charge >= 0.3 is 0 Å². The fourth-order valence-electron chi connectivity index (χ4n) is 1.69. The normalized spacial score (nSPS) is 10.1. The van der Waals surface area contributed by atoms with Crippen LogP contribution in [0.1, 0.15) is 15.9 Å². The van der Waals surface area contributed by atoms with Crippen LogP contribution in [0.5, 0.6) is 5.75 Å². The molecule has 0 aliphatic heterocycles. The van der Waals surface area contributed by atoms with Crippen molar-refractivity contribution in [2.24, 2.45) is 0 Å². The third kappa shape index (κ3) is 3.45. The van der Waals surface area contributed by atoms with E-state index in [1.165, 1.54) is 18.3 Å². The van der Waals surface area contributed by atoms with Crippen LogP contribution in [0.25, 0.3) is 0 Å². The van der Waals surface area contributed by atoms with Gasteiger partial charge < -0.3 is 15.4 Å². The van der Waals surface area contributed by atoms with Crippen LogP contribution in [0.4, 0.5) is 0 Å². The lowest BCUT2D eigenvalue weighted by Gasteiger charge is -2.06. The van der Waals surface area contributed by atoms with E-state index in [0.717, 1.165) is 5.56 Å². The molecule has 2 aromatic rings. The molecule has 1 aromatic carbocycles. The van der Waals surface area contributed by atoms with Gasteiger partial charge in [0.25, 0.3) is 5.91 Å². The number of amides is 1. The minimum Gasteiger partial charge on any atom is -0.508 e. The Hall–Kier alpha value is -2.56. The Balaban J connectivity index is 1.89. The fraction of sp³-hybridized carbons (Fsp3) is 0.143. The van der Waals surface area contributed by atoms with Crippen LogP contribution in [-0.4, -0.2) is 22.5 Å². The molecule has 0 unspecified atom stereocenters. The van der Waals surface area contributed by atoms with E-state index in [4.69, 9.17) is 0 Å². The zero-order valence-electron chi connectivity index (χ0n) is 10.2. The topological polar surface area (TPSA) is 82.2 Å². The maximum absolute atomic E-state index is 11.7. The Kier molecular flexibility index (Phi) is 3.97. The van der Waals surface area contributed by atoms with Crippen molar-refractivity contribution in [3.63, 3.8) is 0 Å². The molecule has 19 heavy (non-hydrogen) atoms. The van der Waals surface area contributed by atoms with Gasteiger partial charge in [-0.2, -0.15) is 0 Å². The second-order valence-electron chi connectivity index (χ2n) is 4.08. The second-order valence-corrected chi connectivity index (χ2v) is 4.08. The van der Waals surface area contributed by atoms with Gasteiger partial charge in [0.05, 0.1) is 5.56 Å². The van der Waals surface area contributed by atoms with Crippen molar-refractivity contribution in [1.29, 1.82) is 0 Å². The summed E-state index contributed by atoms with van der Waals surface area (Å²) in [6.07, 6.45) is 1.92. The molecular weight excluding hydrogens is 244 g/mol. The summed E-state index contributed by atoms with van der Waals surface area (Å²) in [5.41, 5.74) is 0.937. The van der Waals surface area contributed by atoms with Crippen LogP contribution in [-0.2, 0) is 6.42 Å². The molecule has 0 radical (unpaired) electrons. The number of phenols is 1. The van der Waals surface area contributed by atoms with Gasteiger partial charge in [-0.05, 0) is 24.1 Å². The highest BCUT2D eigenvalue weighted by Gasteiger charge is 2.05. The highest BCUT2D eigenvalue weighted by molar-refractivity contribution is 5.93. The molecule has 98 valence electrons. The molecule has 1 amide bonds. The van der Waals surface area contributed by atoms with Crippen LogP contribution in [0, 0.1) is 0 Å². The Bertz CT molecular complexity index is 614. The zero-order valence-corrected chi connectivity index (χ0v) is 10.2. The number of hydrogen-bond acceptors (Lipinski definition) is 3. The number of rotatable bonds is 4. The number of benzene rings is 1. The third-order valence-corrected chi connectivity index (χ3v) is 2.72. The monoisotopic (exact) mass is 258 g/mol. The molecule has 3 N–H and O–H groups in total. The summed E-state index contributed by atoms with van der Waals surface area (Å²) < 4.78 is 0. The third-order valence-electron chi connectivity index (χ3n) is 2.72. The zero-order chi connectivity index (χ0) is 13.7. The molecule has 0 spiro atoms. The molecule has 0 saturated carbocycles. The lowest BCUT2D eigenvalue weighted by Crippen LogP contribution is -2.26. The summed E-state index contributed by atoms with van der Waals surface area (Å²) in [6, 6.07) is 9.77. The van der Waals surface area contributed by atoms with E-state index in [1.54, 1.807) is 12.1 Å². The lowest BCUT2D eigenvalue weighted by molar-refractivity contribution is 0.0953. The number of carbonyl (C=O) groups excluding carboxylic acids is 1. The summed E-state index contributed by atoms with van der Waals surface area (Å²) in [7, 11) is 0. The van der Waals surface area contributed by atoms with E-state index in [1.807, 2.05) is 12.1 Å². The molecule has 5 nitrogen and oxygen atoms in total. The molecule has 0 fully saturated rings. The summed E-state index contributed by atoms with van der Waals surface area (Å²) in [4.78, 5) is 25.0. The fourth-order valence-corrected chi connectivity index (χ4v) is 1.69. The summed E-state index contributed by atoms with van der Waals surface area (Å²) >= 11 is 0. The minimum absolute atomic E-state index is 0.223. The van der Waals surface area contributed by atoms with E-state index in [2.05, 4.69) is 10.3 Å². The van der Waals surface area contributed by atoms with E-state index < -0.39 is 0 Å². The van der Waals surface area contributed by atoms with Crippen LogP contribution in [0.15, 0.2) is 47.4 Å². The Morgan fingerprint density at radius 2 is 2.00 bits per heavy atom. The van der Waals surface area contributed by atoms with Crippen LogP contribution in [0.2, 0.25) is 0 Å². The molecule has 0 aliphatic carbocycles. The average Bonchev–Trinajstić information content (AvgIpc) is 2.41. The predicted molar refractivity (Wildman–Crippen MR) is 71.2 cm³/mol. The lowest BCUT2D eigenvalue weighted by atomic mass is 10.1. The van der Waals surface area contributed by atoms with Crippen LogP contribution < -0.4 is 10.9 Å². The first-order valence-electron chi connectivity index (χ1n) is 5.90. The van der Waals surface area contributed by atoms with E-state index in [9.17, 15) is 14.7 Å². The molecule has 5 heteroatoms. The molecule has 1 heterocycles. The smallest absolute Gasteiger partial charge is 0.252 e. The molecule has 0 aliphatic rings. The maximum Gasteiger partial charge on any atom is 0.252 e. The second kappa shape index (κ2) is 5.86. The first kappa shape index (κ1) is 12.9. The number of pyridine rings is 1. The van der Waals surface area contributed by atoms with Crippen LogP contribution >= 0.6 is 0 Å². The Morgan fingerprint density at radius 3 is 2.68 bits per heavy atom. The highest BCUT2D eigenvalue weighted by atomic mass is 16.3. The van der Waals surface area contributed by atoms with Gasteiger partial charge in [0.2, 0.25) is 5.56 Å². The standard InChI is InChI=1S/C14H14N2O3/c17-12-4-2-1-3-10(12)7-8-15-14(19)11-5-6-13(18)16-9-11/h1-6,9,17H,7-8H2,(H,15,19)(H,16,18). The largest absolute Gasteiger partial charge is 0.508 e. The van der Waals surface area contributed by atoms with Gasteiger partial charge in [0.1, 0.15) is 5.75 Å². The Morgan fingerprint density at radius 1 is 1.21 bits per heavy atom. The number of aromatic hydroxyl groups is 1. The van der Waals surface area contributed by atoms with Crippen molar-refractivity contribution in [2.45, 2.75) is 6.42 Å². The summed E-state index contributed by atoms with van der Waals surface area (Å²) in [5, 5.41) is 12.3. The number of hydrogen-bond donors (Lipinski definition) is 3. The van der Waals surface area contributed by atoms with Crippen molar-refractivity contribution < 1.29 is 9.90 Å².